The van der Waals surface area contributed by atoms with E-state index in [-0.39, 0.29) is 11.1 Å². The van der Waals surface area contributed by atoms with E-state index in [1.54, 1.807) is 30.9 Å². The van der Waals surface area contributed by atoms with Gasteiger partial charge in [0.15, 0.2) is 0 Å². The number of nitrogens with one attached hydrogen (secondary N) is 2. The van der Waals surface area contributed by atoms with E-state index in [0.717, 1.165) is 61.8 Å². The predicted molar refractivity (Wildman–Crippen MR) is 132 cm³/mol. The second kappa shape index (κ2) is 10.4. The van der Waals surface area contributed by atoms with Crippen LogP contribution in [-0.4, -0.2) is 27.2 Å². The molecule has 2 amide bonds. The zero-order valence-electron chi connectivity index (χ0n) is 18.7. The maximum Gasteiger partial charge on any atom is 0.290 e. The van der Waals surface area contributed by atoms with Crippen molar-refractivity contribution in [2.45, 2.75) is 44.7 Å². The van der Waals surface area contributed by atoms with Crippen LogP contribution in [0.15, 0.2) is 64.4 Å². The molecular formula is C26H26N4O3S. The summed E-state index contributed by atoms with van der Waals surface area (Å²) in [6, 6.07) is 12.7. The third kappa shape index (κ3) is 5.46. The lowest BCUT2D eigenvalue weighted by atomic mass is 9.84. The Kier molecular flexibility index (Phi) is 6.87. The number of rotatable bonds is 7. The molecule has 0 atom stereocenters. The maximum absolute atomic E-state index is 11.8. The molecule has 1 aliphatic heterocycles. The van der Waals surface area contributed by atoms with Gasteiger partial charge in [0.05, 0.1) is 23.1 Å². The van der Waals surface area contributed by atoms with Gasteiger partial charge in [-0.1, -0.05) is 24.3 Å². The first-order valence-corrected chi connectivity index (χ1v) is 12.4. The van der Waals surface area contributed by atoms with Crippen molar-refractivity contribution in [1.82, 2.24) is 20.6 Å². The number of nitrogens with zero attached hydrogens (tertiary/aromatic N) is 2. The minimum Gasteiger partial charge on any atom is -0.472 e. The average Bonchev–Trinajstić information content (AvgIpc) is 3.49. The highest BCUT2D eigenvalue weighted by atomic mass is 32.2. The van der Waals surface area contributed by atoms with E-state index >= 15 is 0 Å². The van der Waals surface area contributed by atoms with Gasteiger partial charge < -0.3 is 9.73 Å². The van der Waals surface area contributed by atoms with E-state index in [0.29, 0.717) is 22.6 Å². The molecule has 0 bridgehead atoms. The van der Waals surface area contributed by atoms with Crippen LogP contribution in [0.1, 0.15) is 42.8 Å². The van der Waals surface area contributed by atoms with Crippen LogP contribution in [-0.2, 0) is 17.8 Å². The molecule has 8 heteroatoms. The summed E-state index contributed by atoms with van der Waals surface area (Å²) in [7, 11) is 0. The Hall–Kier alpha value is -3.23. The normalized spacial score (nSPS) is 21.7. The van der Waals surface area contributed by atoms with Crippen LogP contribution in [0.25, 0.3) is 17.2 Å². The fourth-order valence-electron chi connectivity index (χ4n) is 4.61. The van der Waals surface area contributed by atoms with Gasteiger partial charge >= 0.3 is 0 Å². The number of benzene rings is 1. The Morgan fingerprint density at radius 2 is 1.97 bits per heavy atom. The van der Waals surface area contributed by atoms with Crippen LogP contribution >= 0.6 is 11.8 Å². The van der Waals surface area contributed by atoms with Crippen LogP contribution in [0.3, 0.4) is 0 Å². The molecule has 7 nitrogen and oxygen atoms in total. The van der Waals surface area contributed by atoms with Gasteiger partial charge in [-0.05, 0) is 72.7 Å². The van der Waals surface area contributed by atoms with Crippen LogP contribution in [0.2, 0.25) is 0 Å². The Labute approximate surface area is 202 Å². The number of furan rings is 1. The van der Waals surface area contributed by atoms with E-state index in [1.807, 2.05) is 6.07 Å². The highest BCUT2D eigenvalue weighted by Crippen LogP contribution is 2.29. The zero-order chi connectivity index (χ0) is 23.3. The summed E-state index contributed by atoms with van der Waals surface area (Å²) in [5.74, 6) is 0.966. The summed E-state index contributed by atoms with van der Waals surface area (Å²) in [6.07, 6.45) is 12.2. The molecule has 1 aromatic carbocycles. The second-order valence-electron chi connectivity index (χ2n) is 8.72. The number of thioether (sulfide) groups is 1. The number of carbonyl (C=O) groups excluding carboxylic acids is 2. The number of hydrogen-bond donors (Lipinski definition) is 2. The van der Waals surface area contributed by atoms with Gasteiger partial charge in [0.25, 0.3) is 11.1 Å². The highest BCUT2D eigenvalue weighted by molar-refractivity contribution is 8.18. The number of carbonyl (C=O) groups is 2. The molecule has 174 valence electrons. The van der Waals surface area contributed by atoms with E-state index in [4.69, 9.17) is 4.42 Å². The molecule has 3 aromatic rings. The molecule has 1 aliphatic carbocycles. The Morgan fingerprint density at radius 1 is 1.12 bits per heavy atom. The fourth-order valence-corrected chi connectivity index (χ4v) is 5.27. The lowest BCUT2D eigenvalue weighted by Crippen LogP contribution is -2.33. The SMILES string of the molecule is O=C1NC(=O)/C(=C/c2ccnc(CC3CCC(NCc4ccccc4-c4ccoc4)CC3)n2)S1. The first-order valence-electron chi connectivity index (χ1n) is 11.5. The summed E-state index contributed by atoms with van der Waals surface area (Å²) in [6.45, 7) is 0.838. The van der Waals surface area contributed by atoms with Crippen molar-refractivity contribution in [1.29, 1.82) is 0 Å². The second-order valence-corrected chi connectivity index (χ2v) is 9.74. The average molecular weight is 475 g/mol. The molecular weight excluding hydrogens is 448 g/mol. The predicted octanol–water partition coefficient (Wildman–Crippen LogP) is 4.95. The van der Waals surface area contributed by atoms with Crippen LogP contribution < -0.4 is 10.6 Å². The van der Waals surface area contributed by atoms with E-state index in [9.17, 15) is 9.59 Å². The minimum absolute atomic E-state index is 0.346. The maximum atomic E-state index is 11.8. The van der Waals surface area contributed by atoms with Crippen molar-refractivity contribution in [2.75, 3.05) is 0 Å². The van der Waals surface area contributed by atoms with Crippen molar-refractivity contribution in [3.8, 4) is 11.1 Å². The Balaban J connectivity index is 1.13. The first kappa shape index (κ1) is 22.6. The standard InChI is InChI=1S/C26H26N4O3S/c31-25-23(34-26(32)30-25)14-21-9-11-27-24(29-21)13-17-5-7-20(8-6-17)28-15-18-3-1-2-4-22(18)19-10-12-33-16-19/h1-4,9-12,14,16-17,20,28H,5-8,13,15H2,(H,30,31,32)/b23-14-. The van der Waals surface area contributed by atoms with E-state index in [1.165, 1.54) is 11.1 Å². The van der Waals surface area contributed by atoms with Gasteiger partial charge in [-0.3, -0.25) is 14.9 Å². The van der Waals surface area contributed by atoms with Crippen LogP contribution in [0.5, 0.6) is 0 Å². The lowest BCUT2D eigenvalue weighted by Gasteiger charge is -2.29. The van der Waals surface area contributed by atoms with Crippen molar-refractivity contribution in [3.05, 3.63) is 77.1 Å². The molecule has 2 N–H and O–H groups in total. The monoisotopic (exact) mass is 474 g/mol. The van der Waals surface area contributed by atoms with Crippen molar-refractivity contribution < 1.29 is 14.0 Å². The van der Waals surface area contributed by atoms with Gasteiger partial charge in [0.2, 0.25) is 0 Å². The molecule has 0 unspecified atom stereocenters. The molecule has 1 saturated heterocycles. The van der Waals surface area contributed by atoms with Crippen LogP contribution in [0, 0.1) is 5.92 Å². The van der Waals surface area contributed by atoms with Gasteiger partial charge in [0, 0.05) is 30.8 Å². The molecule has 1 saturated carbocycles. The van der Waals surface area contributed by atoms with Crippen molar-refractivity contribution in [2.24, 2.45) is 5.92 Å². The number of hydrogen-bond acceptors (Lipinski definition) is 7. The smallest absolute Gasteiger partial charge is 0.290 e. The summed E-state index contributed by atoms with van der Waals surface area (Å²) in [5, 5.41) is 5.66. The molecule has 34 heavy (non-hydrogen) atoms. The highest BCUT2D eigenvalue weighted by Gasteiger charge is 2.25. The molecule has 2 aliphatic rings. The summed E-state index contributed by atoms with van der Waals surface area (Å²) >= 11 is 0.903. The molecule has 2 aromatic heterocycles. The van der Waals surface area contributed by atoms with Gasteiger partial charge in [-0.2, -0.15) is 0 Å². The van der Waals surface area contributed by atoms with E-state index in [2.05, 4.69) is 44.9 Å². The van der Waals surface area contributed by atoms with Gasteiger partial charge in [0.1, 0.15) is 5.82 Å². The van der Waals surface area contributed by atoms with E-state index < -0.39 is 0 Å². The van der Waals surface area contributed by atoms with Crippen molar-refractivity contribution >= 4 is 29.0 Å². The van der Waals surface area contributed by atoms with Crippen LogP contribution in [0.4, 0.5) is 4.79 Å². The number of aromatic nitrogens is 2. The summed E-state index contributed by atoms with van der Waals surface area (Å²) < 4.78 is 5.26. The van der Waals surface area contributed by atoms with Gasteiger partial charge in [-0.25, -0.2) is 9.97 Å². The number of imide groups is 1. The molecule has 0 radical (unpaired) electrons. The summed E-state index contributed by atoms with van der Waals surface area (Å²) in [5.41, 5.74) is 4.25. The fraction of sp³-hybridized carbons (Fsp3) is 0.308. The number of amides is 2. The largest absolute Gasteiger partial charge is 0.472 e. The third-order valence-corrected chi connectivity index (χ3v) is 7.21. The minimum atomic E-state index is -0.367. The van der Waals surface area contributed by atoms with Crippen molar-refractivity contribution in [3.63, 3.8) is 0 Å². The van der Waals surface area contributed by atoms with Gasteiger partial charge in [-0.15, -0.1) is 0 Å². The molecule has 2 fully saturated rings. The molecule has 5 rings (SSSR count). The lowest BCUT2D eigenvalue weighted by molar-refractivity contribution is -0.115. The topological polar surface area (TPSA) is 97.1 Å². The quantitative estimate of drug-likeness (QED) is 0.468. The molecule has 3 heterocycles. The molecule has 0 spiro atoms. The third-order valence-electron chi connectivity index (χ3n) is 6.40. The Morgan fingerprint density at radius 3 is 2.74 bits per heavy atom. The Bertz CT molecular complexity index is 1200. The first-order chi connectivity index (χ1) is 16.6. The summed E-state index contributed by atoms with van der Waals surface area (Å²) in [4.78, 5) is 32.5. The zero-order valence-corrected chi connectivity index (χ0v) is 19.5.